The van der Waals surface area contributed by atoms with E-state index in [1.54, 1.807) is 6.07 Å². The number of halogens is 1. The molecule has 100 valence electrons. The molecule has 2 heterocycles. The van der Waals surface area contributed by atoms with E-state index in [4.69, 9.17) is 0 Å². The number of aromatic nitrogens is 1. The number of rotatable bonds is 3. The smallest absolute Gasteiger partial charge is 0.161 e. The van der Waals surface area contributed by atoms with Crippen molar-refractivity contribution in [3.63, 3.8) is 0 Å². The number of hydrogen-bond acceptors (Lipinski definition) is 2. The number of nitrogens with one attached hydrogen (secondary N) is 1. The zero-order valence-electron chi connectivity index (χ0n) is 10.9. The Balaban J connectivity index is 2.06. The highest BCUT2D eigenvalue weighted by Crippen LogP contribution is 2.24. The second-order valence-electron chi connectivity index (χ2n) is 5.21. The molecular formula is C15H17FN2O. The highest BCUT2D eigenvalue weighted by atomic mass is 19.1. The van der Waals surface area contributed by atoms with E-state index in [9.17, 15) is 9.18 Å². The Bertz CT molecular complexity index is 626. The van der Waals surface area contributed by atoms with E-state index in [1.165, 1.54) is 25.5 Å². The number of ketones is 1. The van der Waals surface area contributed by atoms with Crippen LogP contribution >= 0.6 is 0 Å². The van der Waals surface area contributed by atoms with Gasteiger partial charge >= 0.3 is 0 Å². The largest absolute Gasteiger partial charge is 0.345 e. The summed E-state index contributed by atoms with van der Waals surface area (Å²) in [5.41, 5.74) is 1.53. The Morgan fingerprint density at radius 2 is 2.37 bits per heavy atom. The van der Waals surface area contributed by atoms with Gasteiger partial charge < -0.3 is 9.88 Å². The molecule has 3 nitrogen and oxygen atoms in total. The molecule has 4 heteroatoms. The normalized spacial score (nSPS) is 19.2. The van der Waals surface area contributed by atoms with Gasteiger partial charge in [-0.15, -0.1) is 0 Å². The van der Waals surface area contributed by atoms with Gasteiger partial charge in [-0.1, -0.05) is 0 Å². The van der Waals surface area contributed by atoms with Crippen molar-refractivity contribution in [2.75, 3.05) is 6.54 Å². The molecule has 1 aliphatic rings. The first-order valence-corrected chi connectivity index (χ1v) is 6.68. The maximum Gasteiger partial charge on any atom is 0.161 e. The van der Waals surface area contributed by atoms with Crippen molar-refractivity contribution in [3.8, 4) is 0 Å². The third-order valence-electron chi connectivity index (χ3n) is 3.80. The fraction of sp³-hybridized carbons (Fsp3) is 0.400. The van der Waals surface area contributed by atoms with Gasteiger partial charge in [0.15, 0.2) is 5.78 Å². The van der Waals surface area contributed by atoms with Crippen LogP contribution in [0.4, 0.5) is 4.39 Å². The summed E-state index contributed by atoms with van der Waals surface area (Å²) >= 11 is 0. The van der Waals surface area contributed by atoms with Gasteiger partial charge in [0.2, 0.25) is 0 Å². The molecule has 1 atom stereocenters. The van der Waals surface area contributed by atoms with Crippen molar-refractivity contribution in [1.82, 2.24) is 9.88 Å². The molecule has 19 heavy (non-hydrogen) atoms. The molecule has 0 aliphatic carbocycles. The summed E-state index contributed by atoms with van der Waals surface area (Å²) in [6.45, 7) is 3.41. The van der Waals surface area contributed by atoms with E-state index < -0.39 is 0 Å². The van der Waals surface area contributed by atoms with E-state index in [0.717, 1.165) is 25.0 Å². The van der Waals surface area contributed by atoms with Gasteiger partial charge in [0.1, 0.15) is 5.82 Å². The molecule has 0 bridgehead atoms. The number of carbonyl (C=O) groups excluding carboxylic acids is 1. The lowest BCUT2D eigenvalue weighted by molar-refractivity contribution is 0.101. The molecular weight excluding hydrogens is 243 g/mol. The minimum Gasteiger partial charge on any atom is -0.345 e. The summed E-state index contributed by atoms with van der Waals surface area (Å²) in [6, 6.07) is 5.10. The van der Waals surface area contributed by atoms with E-state index >= 15 is 0 Å². The molecule has 2 aromatic rings. The third kappa shape index (κ3) is 2.28. The van der Waals surface area contributed by atoms with Crippen molar-refractivity contribution in [2.45, 2.75) is 32.4 Å². The van der Waals surface area contributed by atoms with Crippen LogP contribution in [0.2, 0.25) is 0 Å². The Labute approximate surface area is 111 Å². The molecule has 1 aliphatic heterocycles. The fourth-order valence-electron chi connectivity index (χ4n) is 2.85. The second kappa shape index (κ2) is 4.78. The lowest BCUT2D eigenvalue weighted by Crippen LogP contribution is -2.26. The van der Waals surface area contributed by atoms with Gasteiger partial charge in [-0.3, -0.25) is 4.79 Å². The van der Waals surface area contributed by atoms with Crippen LogP contribution in [0.5, 0.6) is 0 Å². The SMILES string of the molecule is CC(=O)c1cn(C[C@@H]2CCCN2)c2ccc(F)cc12. The van der Waals surface area contributed by atoms with Gasteiger partial charge in [-0.05, 0) is 44.5 Å². The molecule has 0 saturated carbocycles. The van der Waals surface area contributed by atoms with Crippen LogP contribution in [0.3, 0.4) is 0 Å². The molecule has 1 fully saturated rings. The number of hydrogen-bond donors (Lipinski definition) is 1. The van der Waals surface area contributed by atoms with Crippen molar-refractivity contribution < 1.29 is 9.18 Å². The zero-order valence-corrected chi connectivity index (χ0v) is 10.9. The first-order valence-electron chi connectivity index (χ1n) is 6.68. The van der Waals surface area contributed by atoms with Crippen LogP contribution in [0.25, 0.3) is 10.9 Å². The van der Waals surface area contributed by atoms with Crippen molar-refractivity contribution >= 4 is 16.7 Å². The summed E-state index contributed by atoms with van der Waals surface area (Å²) in [5.74, 6) is -0.319. The van der Waals surface area contributed by atoms with Crippen LogP contribution in [-0.2, 0) is 6.54 Å². The standard InChI is InChI=1S/C15H17FN2O/c1-10(19)14-9-18(8-12-3-2-6-17-12)15-5-4-11(16)7-13(14)15/h4-5,7,9,12,17H,2-3,6,8H2,1H3/t12-/m0/s1. The van der Waals surface area contributed by atoms with Crippen molar-refractivity contribution in [3.05, 3.63) is 35.8 Å². The first kappa shape index (κ1) is 12.4. The van der Waals surface area contributed by atoms with Crippen LogP contribution in [0.15, 0.2) is 24.4 Å². The van der Waals surface area contributed by atoms with Crippen LogP contribution in [0, 0.1) is 5.82 Å². The highest BCUT2D eigenvalue weighted by Gasteiger charge is 2.18. The summed E-state index contributed by atoms with van der Waals surface area (Å²) in [5, 5.41) is 4.15. The quantitative estimate of drug-likeness (QED) is 0.861. The van der Waals surface area contributed by atoms with E-state index in [-0.39, 0.29) is 11.6 Å². The summed E-state index contributed by atoms with van der Waals surface area (Å²) in [4.78, 5) is 11.7. The molecule has 0 spiro atoms. The molecule has 1 N–H and O–H groups in total. The predicted molar refractivity (Wildman–Crippen MR) is 72.9 cm³/mol. The Morgan fingerprint density at radius 3 is 3.05 bits per heavy atom. The van der Waals surface area contributed by atoms with Gasteiger partial charge in [0.25, 0.3) is 0 Å². The van der Waals surface area contributed by atoms with Gasteiger partial charge in [0.05, 0.1) is 0 Å². The average molecular weight is 260 g/mol. The molecule has 1 aromatic heterocycles. The van der Waals surface area contributed by atoms with E-state index in [0.29, 0.717) is 17.0 Å². The zero-order chi connectivity index (χ0) is 13.4. The number of nitrogens with zero attached hydrogens (tertiary/aromatic N) is 1. The van der Waals surface area contributed by atoms with Crippen LogP contribution < -0.4 is 5.32 Å². The minimum atomic E-state index is -0.299. The Hall–Kier alpha value is -1.68. The van der Waals surface area contributed by atoms with Crippen molar-refractivity contribution in [2.24, 2.45) is 0 Å². The lowest BCUT2D eigenvalue weighted by Gasteiger charge is -2.12. The molecule has 3 rings (SSSR count). The summed E-state index contributed by atoms with van der Waals surface area (Å²) in [6.07, 6.45) is 4.20. The van der Waals surface area contributed by atoms with Gasteiger partial charge in [0, 0.05) is 35.2 Å². The minimum absolute atomic E-state index is 0.0197. The van der Waals surface area contributed by atoms with Gasteiger partial charge in [-0.2, -0.15) is 0 Å². The molecule has 0 radical (unpaired) electrons. The highest BCUT2D eigenvalue weighted by molar-refractivity contribution is 6.06. The number of Topliss-reactive ketones (excluding diaryl/α,β-unsaturated/α-hetero) is 1. The molecule has 0 unspecified atom stereocenters. The molecule has 0 amide bonds. The Morgan fingerprint density at radius 1 is 1.53 bits per heavy atom. The first-order chi connectivity index (χ1) is 9.15. The summed E-state index contributed by atoms with van der Waals surface area (Å²) < 4.78 is 15.4. The van der Waals surface area contributed by atoms with Gasteiger partial charge in [-0.25, -0.2) is 4.39 Å². The predicted octanol–water partition coefficient (Wildman–Crippen LogP) is 2.74. The number of carbonyl (C=O) groups is 1. The van der Waals surface area contributed by atoms with Crippen molar-refractivity contribution in [1.29, 1.82) is 0 Å². The third-order valence-corrected chi connectivity index (χ3v) is 3.80. The lowest BCUT2D eigenvalue weighted by atomic mass is 10.1. The van der Waals surface area contributed by atoms with E-state index in [2.05, 4.69) is 9.88 Å². The number of fused-ring (bicyclic) bond motifs is 1. The Kier molecular flexibility index (Phi) is 3.11. The maximum absolute atomic E-state index is 13.4. The topological polar surface area (TPSA) is 34.0 Å². The summed E-state index contributed by atoms with van der Waals surface area (Å²) in [7, 11) is 0. The van der Waals surface area contributed by atoms with E-state index in [1.807, 2.05) is 6.20 Å². The number of benzene rings is 1. The molecule has 1 aromatic carbocycles. The molecule has 1 saturated heterocycles. The average Bonchev–Trinajstić information content (AvgIpc) is 2.97. The van der Waals surface area contributed by atoms with Crippen LogP contribution in [0.1, 0.15) is 30.1 Å². The second-order valence-corrected chi connectivity index (χ2v) is 5.21. The monoisotopic (exact) mass is 260 g/mol. The van der Waals surface area contributed by atoms with Crippen LogP contribution in [-0.4, -0.2) is 22.9 Å². The fourth-order valence-corrected chi connectivity index (χ4v) is 2.85. The maximum atomic E-state index is 13.4.